The molecule has 1 N–H and O–H groups in total. The van der Waals surface area contributed by atoms with E-state index in [1.807, 2.05) is 12.3 Å². The molecule has 3 heteroatoms. The van der Waals surface area contributed by atoms with Gasteiger partial charge >= 0.3 is 5.97 Å². The highest BCUT2D eigenvalue weighted by atomic mass is 16.4. The Hall–Kier alpha value is -1.38. The molecule has 0 aliphatic heterocycles. The molecule has 0 spiro atoms. The molecule has 2 aliphatic rings. The second-order valence-electron chi connectivity index (χ2n) is 4.56. The molecule has 3 nitrogen and oxygen atoms in total. The van der Waals surface area contributed by atoms with Crippen LogP contribution in [0.3, 0.4) is 0 Å². The molecule has 1 heterocycles. The average Bonchev–Trinajstić information content (AvgIpc) is 3.07. The van der Waals surface area contributed by atoms with Gasteiger partial charge in [-0.15, -0.1) is 0 Å². The zero-order valence-corrected chi connectivity index (χ0v) is 8.44. The summed E-state index contributed by atoms with van der Waals surface area (Å²) in [5.74, 6) is 0.153. The summed E-state index contributed by atoms with van der Waals surface area (Å²) >= 11 is 0. The number of pyridine rings is 1. The maximum Gasteiger partial charge on any atom is 0.337 e. The Morgan fingerprint density at radius 3 is 2.47 bits per heavy atom. The quantitative estimate of drug-likeness (QED) is 0.821. The van der Waals surface area contributed by atoms with Gasteiger partial charge in [0.25, 0.3) is 0 Å². The molecule has 0 atom stereocenters. The van der Waals surface area contributed by atoms with Gasteiger partial charge in [0.05, 0.1) is 11.3 Å². The van der Waals surface area contributed by atoms with Crippen molar-refractivity contribution in [1.82, 2.24) is 4.98 Å². The van der Waals surface area contributed by atoms with Crippen LogP contribution in [-0.4, -0.2) is 16.1 Å². The second-order valence-corrected chi connectivity index (χ2v) is 4.56. The topological polar surface area (TPSA) is 50.2 Å². The molecule has 2 saturated carbocycles. The van der Waals surface area contributed by atoms with E-state index < -0.39 is 5.97 Å². The van der Waals surface area contributed by atoms with Crippen molar-refractivity contribution in [2.24, 2.45) is 0 Å². The number of nitrogens with zero attached hydrogens (tertiary/aromatic N) is 1. The van der Waals surface area contributed by atoms with Gasteiger partial charge < -0.3 is 5.11 Å². The molecule has 2 fully saturated rings. The van der Waals surface area contributed by atoms with Crippen LogP contribution in [0, 0.1) is 0 Å². The largest absolute Gasteiger partial charge is 0.478 e. The number of carboxylic acid groups (broad SMARTS) is 1. The van der Waals surface area contributed by atoms with Crippen molar-refractivity contribution in [2.45, 2.75) is 37.5 Å². The molecule has 15 heavy (non-hydrogen) atoms. The fraction of sp³-hybridized carbons (Fsp3) is 0.500. The van der Waals surface area contributed by atoms with E-state index in [4.69, 9.17) is 5.11 Å². The van der Waals surface area contributed by atoms with Crippen LogP contribution < -0.4 is 0 Å². The lowest BCUT2D eigenvalue weighted by Crippen LogP contribution is -2.05. The zero-order valence-electron chi connectivity index (χ0n) is 8.44. The lowest BCUT2D eigenvalue weighted by molar-refractivity contribution is 0.0695. The lowest BCUT2D eigenvalue weighted by atomic mass is 10.1. The van der Waals surface area contributed by atoms with Gasteiger partial charge in [-0.2, -0.15) is 0 Å². The van der Waals surface area contributed by atoms with E-state index in [1.54, 1.807) is 0 Å². The first-order chi connectivity index (χ1) is 7.25. The van der Waals surface area contributed by atoms with E-state index in [2.05, 4.69) is 4.98 Å². The third kappa shape index (κ3) is 1.62. The van der Waals surface area contributed by atoms with Crippen molar-refractivity contribution in [2.75, 3.05) is 0 Å². The normalized spacial score (nSPS) is 20.3. The third-order valence-electron chi connectivity index (χ3n) is 3.18. The summed E-state index contributed by atoms with van der Waals surface area (Å²) < 4.78 is 0. The van der Waals surface area contributed by atoms with Gasteiger partial charge in [-0.3, -0.25) is 4.98 Å². The monoisotopic (exact) mass is 203 g/mol. The minimum Gasteiger partial charge on any atom is -0.478 e. The van der Waals surface area contributed by atoms with Crippen LogP contribution in [0.1, 0.15) is 59.1 Å². The van der Waals surface area contributed by atoms with Gasteiger partial charge in [-0.25, -0.2) is 4.79 Å². The summed E-state index contributed by atoms with van der Waals surface area (Å²) in [5.41, 5.74) is 2.34. The molecule has 0 amide bonds. The number of hydrogen-bond donors (Lipinski definition) is 1. The van der Waals surface area contributed by atoms with E-state index in [9.17, 15) is 4.79 Å². The second kappa shape index (κ2) is 3.05. The average molecular weight is 203 g/mol. The Labute approximate surface area is 88.1 Å². The predicted molar refractivity (Wildman–Crippen MR) is 55.1 cm³/mol. The summed E-state index contributed by atoms with van der Waals surface area (Å²) in [4.78, 5) is 15.5. The van der Waals surface area contributed by atoms with Gasteiger partial charge in [0.15, 0.2) is 0 Å². The van der Waals surface area contributed by atoms with Crippen molar-refractivity contribution in [3.63, 3.8) is 0 Å². The maximum atomic E-state index is 11.1. The molecule has 0 bridgehead atoms. The molecule has 1 aromatic rings. The number of rotatable bonds is 3. The summed E-state index contributed by atoms with van der Waals surface area (Å²) in [6, 6.07) is 1.83. The highest BCUT2D eigenvalue weighted by Crippen LogP contribution is 2.43. The molecule has 0 aromatic carbocycles. The molecular formula is C12H13NO2. The molecule has 0 saturated heterocycles. The Morgan fingerprint density at radius 2 is 1.93 bits per heavy atom. The smallest absolute Gasteiger partial charge is 0.337 e. The van der Waals surface area contributed by atoms with Crippen LogP contribution in [0.25, 0.3) is 0 Å². The van der Waals surface area contributed by atoms with E-state index >= 15 is 0 Å². The summed E-state index contributed by atoms with van der Waals surface area (Å²) in [6.45, 7) is 0. The van der Waals surface area contributed by atoms with Crippen LogP contribution in [0.5, 0.6) is 0 Å². The first-order valence-corrected chi connectivity index (χ1v) is 5.49. The van der Waals surface area contributed by atoms with Gasteiger partial charge in [-0.05, 0) is 43.2 Å². The number of hydrogen-bond acceptors (Lipinski definition) is 2. The highest BCUT2D eigenvalue weighted by Gasteiger charge is 2.31. The molecule has 0 unspecified atom stereocenters. The summed E-state index contributed by atoms with van der Waals surface area (Å²) in [5, 5.41) is 9.13. The first kappa shape index (κ1) is 8.89. The van der Waals surface area contributed by atoms with Crippen molar-refractivity contribution in [3.05, 3.63) is 29.1 Å². The molecular weight excluding hydrogens is 190 g/mol. The number of carbonyl (C=O) groups is 1. The molecule has 1 aromatic heterocycles. The van der Waals surface area contributed by atoms with Gasteiger partial charge in [0.2, 0.25) is 0 Å². The van der Waals surface area contributed by atoms with Crippen molar-refractivity contribution in [3.8, 4) is 0 Å². The Kier molecular flexibility index (Phi) is 1.81. The third-order valence-corrected chi connectivity index (χ3v) is 3.18. The van der Waals surface area contributed by atoms with Crippen molar-refractivity contribution < 1.29 is 9.90 Å². The van der Waals surface area contributed by atoms with Crippen molar-refractivity contribution in [1.29, 1.82) is 0 Å². The predicted octanol–water partition coefficient (Wildman–Crippen LogP) is 2.53. The lowest BCUT2D eigenvalue weighted by Gasteiger charge is -2.05. The SMILES string of the molecule is O=C(O)c1cc(C2CC2)cnc1C1CC1. The molecule has 0 radical (unpaired) electrons. The van der Waals surface area contributed by atoms with E-state index in [0.29, 0.717) is 17.4 Å². The van der Waals surface area contributed by atoms with Gasteiger partial charge in [0.1, 0.15) is 0 Å². The number of aromatic nitrogens is 1. The Morgan fingerprint density at radius 1 is 1.27 bits per heavy atom. The zero-order chi connectivity index (χ0) is 10.4. The van der Waals surface area contributed by atoms with Crippen LogP contribution in [0.4, 0.5) is 0 Å². The fourth-order valence-electron chi connectivity index (χ4n) is 1.98. The van der Waals surface area contributed by atoms with Gasteiger partial charge in [0, 0.05) is 12.1 Å². The highest BCUT2D eigenvalue weighted by molar-refractivity contribution is 5.89. The standard InChI is InChI=1S/C12H13NO2/c14-12(15)10-5-9(7-1-2-7)6-13-11(10)8-3-4-8/h5-8H,1-4H2,(H,14,15). The van der Waals surface area contributed by atoms with E-state index in [1.165, 1.54) is 12.8 Å². The summed E-state index contributed by atoms with van der Waals surface area (Å²) in [7, 11) is 0. The molecule has 2 aliphatic carbocycles. The summed E-state index contributed by atoms with van der Waals surface area (Å²) in [6.07, 6.45) is 6.43. The van der Waals surface area contributed by atoms with Crippen molar-refractivity contribution >= 4 is 5.97 Å². The Bertz CT molecular complexity index is 420. The number of carboxylic acids is 1. The van der Waals surface area contributed by atoms with E-state index in [-0.39, 0.29) is 0 Å². The fourth-order valence-corrected chi connectivity index (χ4v) is 1.98. The number of aromatic carboxylic acids is 1. The molecule has 3 rings (SSSR count). The first-order valence-electron chi connectivity index (χ1n) is 5.49. The molecule has 78 valence electrons. The minimum atomic E-state index is -0.827. The van der Waals surface area contributed by atoms with Crippen LogP contribution in [-0.2, 0) is 0 Å². The minimum absolute atomic E-state index is 0.407. The van der Waals surface area contributed by atoms with Gasteiger partial charge in [-0.1, -0.05) is 0 Å². The van der Waals surface area contributed by atoms with Crippen LogP contribution in [0.2, 0.25) is 0 Å². The van der Waals surface area contributed by atoms with E-state index in [0.717, 1.165) is 24.1 Å². The Balaban J connectivity index is 2.03. The van der Waals surface area contributed by atoms with Crippen LogP contribution >= 0.6 is 0 Å². The van der Waals surface area contributed by atoms with Crippen LogP contribution in [0.15, 0.2) is 12.3 Å². The maximum absolute atomic E-state index is 11.1.